The highest BCUT2D eigenvalue weighted by molar-refractivity contribution is 5.37. The Morgan fingerprint density at radius 3 is 2.67 bits per heavy atom. The predicted octanol–water partition coefficient (Wildman–Crippen LogP) is 2.83. The number of hydrogen-bond donors (Lipinski definition) is 1. The van der Waals surface area contributed by atoms with Gasteiger partial charge in [-0.15, -0.1) is 0 Å². The molecule has 2 heterocycles. The van der Waals surface area contributed by atoms with Crippen LogP contribution in [0.4, 0.5) is 0 Å². The van der Waals surface area contributed by atoms with Crippen LogP contribution >= 0.6 is 0 Å². The maximum Gasteiger partial charge on any atom is 0.123 e. The van der Waals surface area contributed by atoms with Crippen LogP contribution in [0.2, 0.25) is 0 Å². The van der Waals surface area contributed by atoms with Crippen LogP contribution in [0, 0.1) is 5.92 Å². The highest BCUT2D eigenvalue weighted by Gasteiger charge is 2.17. The first-order valence-corrected chi connectivity index (χ1v) is 8.44. The third-order valence-electron chi connectivity index (χ3n) is 4.92. The van der Waals surface area contributed by atoms with E-state index in [2.05, 4.69) is 28.4 Å². The summed E-state index contributed by atoms with van der Waals surface area (Å²) in [4.78, 5) is 2.55. The Balaban J connectivity index is 1.69. The standard InChI is InChI=1S/C18H28N2O/c1-21-18-5-4-16(12-15-6-8-19-9-7-15)13-17(18)14-20-10-2-3-11-20/h4-5,13,15,19H,2-3,6-12,14H2,1H3. The van der Waals surface area contributed by atoms with Crippen molar-refractivity contribution in [2.45, 2.75) is 38.6 Å². The van der Waals surface area contributed by atoms with Crippen molar-refractivity contribution in [1.82, 2.24) is 10.2 Å². The lowest BCUT2D eigenvalue weighted by molar-refractivity contribution is 0.320. The lowest BCUT2D eigenvalue weighted by Crippen LogP contribution is -2.28. The molecule has 3 rings (SSSR count). The number of piperidine rings is 1. The Hall–Kier alpha value is -1.06. The molecular weight excluding hydrogens is 260 g/mol. The summed E-state index contributed by atoms with van der Waals surface area (Å²) in [5.41, 5.74) is 2.85. The molecule has 2 aliphatic heterocycles. The van der Waals surface area contributed by atoms with E-state index in [9.17, 15) is 0 Å². The maximum absolute atomic E-state index is 5.56. The molecule has 1 aromatic rings. The van der Waals surface area contributed by atoms with Crippen LogP contribution < -0.4 is 10.1 Å². The molecule has 116 valence electrons. The van der Waals surface area contributed by atoms with E-state index in [0.29, 0.717) is 0 Å². The number of nitrogens with one attached hydrogen (secondary N) is 1. The summed E-state index contributed by atoms with van der Waals surface area (Å²) in [6.45, 7) is 5.88. The molecule has 1 aromatic carbocycles. The van der Waals surface area contributed by atoms with Gasteiger partial charge in [0.15, 0.2) is 0 Å². The summed E-state index contributed by atoms with van der Waals surface area (Å²) in [7, 11) is 1.79. The lowest BCUT2D eigenvalue weighted by Gasteiger charge is -2.23. The van der Waals surface area contributed by atoms with Crippen LogP contribution in [-0.2, 0) is 13.0 Å². The van der Waals surface area contributed by atoms with Gasteiger partial charge in [0.1, 0.15) is 5.75 Å². The molecular formula is C18H28N2O. The molecule has 3 nitrogen and oxygen atoms in total. The number of hydrogen-bond acceptors (Lipinski definition) is 3. The quantitative estimate of drug-likeness (QED) is 0.901. The number of rotatable bonds is 5. The van der Waals surface area contributed by atoms with E-state index >= 15 is 0 Å². The zero-order valence-corrected chi connectivity index (χ0v) is 13.2. The molecule has 2 fully saturated rings. The van der Waals surface area contributed by atoms with Crippen molar-refractivity contribution in [1.29, 1.82) is 0 Å². The number of methoxy groups -OCH3 is 1. The van der Waals surface area contributed by atoms with Gasteiger partial charge in [-0.25, -0.2) is 0 Å². The van der Waals surface area contributed by atoms with Crippen LogP contribution in [0.3, 0.4) is 0 Å². The SMILES string of the molecule is COc1ccc(CC2CCNCC2)cc1CN1CCCC1. The van der Waals surface area contributed by atoms with Crippen molar-refractivity contribution < 1.29 is 4.74 Å². The lowest BCUT2D eigenvalue weighted by atomic mass is 9.90. The van der Waals surface area contributed by atoms with Crippen molar-refractivity contribution >= 4 is 0 Å². The second kappa shape index (κ2) is 7.28. The van der Waals surface area contributed by atoms with Gasteiger partial charge in [0.25, 0.3) is 0 Å². The Morgan fingerprint density at radius 1 is 1.19 bits per heavy atom. The molecule has 0 aliphatic carbocycles. The normalized spacial score (nSPS) is 20.8. The van der Waals surface area contributed by atoms with Gasteiger partial charge >= 0.3 is 0 Å². The first kappa shape index (κ1) is 14.9. The molecule has 0 unspecified atom stereocenters. The highest BCUT2D eigenvalue weighted by Crippen LogP contribution is 2.26. The zero-order chi connectivity index (χ0) is 14.5. The van der Waals surface area contributed by atoms with Gasteiger partial charge in [-0.2, -0.15) is 0 Å². The van der Waals surface area contributed by atoms with E-state index in [-0.39, 0.29) is 0 Å². The molecule has 0 saturated carbocycles. The number of benzene rings is 1. The van der Waals surface area contributed by atoms with Gasteiger partial charge in [-0.1, -0.05) is 12.1 Å². The van der Waals surface area contributed by atoms with Crippen molar-refractivity contribution in [2.75, 3.05) is 33.3 Å². The largest absolute Gasteiger partial charge is 0.496 e. The van der Waals surface area contributed by atoms with Crippen LogP contribution in [0.15, 0.2) is 18.2 Å². The predicted molar refractivity (Wildman–Crippen MR) is 86.8 cm³/mol. The maximum atomic E-state index is 5.56. The number of nitrogens with zero attached hydrogens (tertiary/aromatic N) is 1. The topological polar surface area (TPSA) is 24.5 Å². The monoisotopic (exact) mass is 288 g/mol. The average Bonchev–Trinajstić information content (AvgIpc) is 3.02. The van der Waals surface area contributed by atoms with E-state index in [1.54, 1.807) is 7.11 Å². The van der Waals surface area contributed by atoms with Crippen LogP contribution in [-0.4, -0.2) is 38.2 Å². The molecule has 0 radical (unpaired) electrons. The molecule has 3 heteroatoms. The summed E-state index contributed by atoms with van der Waals surface area (Å²) in [6, 6.07) is 6.81. The molecule has 0 amide bonds. The summed E-state index contributed by atoms with van der Waals surface area (Å²) in [5.74, 6) is 1.90. The number of likely N-dealkylation sites (tertiary alicyclic amines) is 1. The minimum atomic E-state index is 0.847. The smallest absolute Gasteiger partial charge is 0.123 e. The Morgan fingerprint density at radius 2 is 1.95 bits per heavy atom. The van der Waals surface area contributed by atoms with E-state index in [1.165, 1.54) is 69.4 Å². The fourth-order valence-electron chi connectivity index (χ4n) is 3.68. The zero-order valence-electron chi connectivity index (χ0n) is 13.2. The first-order valence-electron chi connectivity index (χ1n) is 8.44. The van der Waals surface area contributed by atoms with Gasteiger partial charge in [0.2, 0.25) is 0 Å². The molecule has 2 aliphatic rings. The second-order valence-corrected chi connectivity index (χ2v) is 6.53. The van der Waals surface area contributed by atoms with Gasteiger partial charge < -0.3 is 10.1 Å². The highest BCUT2D eigenvalue weighted by atomic mass is 16.5. The summed E-state index contributed by atoms with van der Waals surface area (Å²) < 4.78 is 5.56. The van der Waals surface area contributed by atoms with Crippen LogP contribution in [0.1, 0.15) is 36.8 Å². The molecule has 1 N–H and O–H groups in total. The molecule has 2 saturated heterocycles. The third-order valence-corrected chi connectivity index (χ3v) is 4.92. The first-order chi connectivity index (χ1) is 10.3. The van der Waals surface area contributed by atoms with Crippen molar-refractivity contribution in [2.24, 2.45) is 5.92 Å². The fourth-order valence-corrected chi connectivity index (χ4v) is 3.68. The third kappa shape index (κ3) is 3.98. The minimum absolute atomic E-state index is 0.847. The van der Waals surface area contributed by atoms with Gasteiger partial charge in [-0.05, 0) is 75.8 Å². The van der Waals surface area contributed by atoms with Crippen molar-refractivity contribution in [3.05, 3.63) is 29.3 Å². The molecule has 21 heavy (non-hydrogen) atoms. The summed E-state index contributed by atoms with van der Waals surface area (Å²) >= 11 is 0. The Bertz CT molecular complexity index is 449. The second-order valence-electron chi connectivity index (χ2n) is 6.53. The molecule has 0 bridgehead atoms. The minimum Gasteiger partial charge on any atom is -0.496 e. The van der Waals surface area contributed by atoms with Gasteiger partial charge in [0.05, 0.1) is 7.11 Å². The van der Waals surface area contributed by atoms with E-state index in [1.807, 2.05) is 0 Å². The van der Waals surface area contributed by atoms with Crippen molar-refractivity contribution in [3.8, 4) is 5.75 Å². The molecule has 0 atom stereocenters. The van der Waals surface area contributed by atoms with Crippen LogP contribution in [0.5, 0.6) is 5.75 Å². The van der Waals surface area contributed by atoms with Crippen LogP contribution in [0.25, 0.3) is 0 Å². The molecule has 0 aromatic heterocycles. The Labute approximate surface area is 128 Å². The van der Waals surface area contributed by atoms with E-state index in [0.717, 1.165) is 18.2 Å². The number of ether oxygens (including phenoxy) is 1. The van der Waals surface area contributed by atoms with E-state index < -0.39 is 0 Å². The van der Waals surface area contributed by atoms with E-state index in [4.69, 9.17) is 4.74 Å². The van der Waals surface area contributed by atoms with Gasteiger partial charge in [0, 0.05) is 12.1 Å². The summed E-state index contributed by atoms with van der Waals surface area (Å²) in [5, 5.41) is 3.45. The Kier molecular flexibility index (Phi) is 5.15. The van der Waals surface area contributed by atoms with Crippen molar-refractivity contribution in [3.63, 3.8) is 0 Å². The average molecular weight is 288 g/mol. The van der Waals surface area contributed by atoms with Gasteiger partial charge in [-0.3, -0.25) is 4.90 Å². The molecule has 0 spiro atoms. The fraction of sp³-hybridized carbons (Fsp3) is 0.667. The summed E-state index contributed by atoms with van der Waals surface area (Å²) in [6.07, 6.45) is 6.54.